The van der Waals surface area contributed by atoms with Gasteiger partial charge in [0.1, 0.15) is 0 Å². The second-order valence-corrected chi connectivity index (χ2v) is 5.73. The molecule has 106 valence electrons. The van der Waals surface area contributed by atoms with Crippen molar-refractivity contribution in [2.24, 2.45) is 0 Å². The molecule has 1 N–H and O–H groups in total. The van der Waals surface area contributed by atoms with Crippen LogP contribution in [0.4, 0.5) is 0 Å². The van der Waals surface area contributed by atoms with E-state index in [0.717, 1.165) is 30.4 Å². The van der Waals surface area contributed by atoms with Gasteiger partial charge in [0.2, 0.25) is 0 Å². The molecule has 19 heavy (non-hydrogen) atoms. The SMILES string of the molecule is CCNCC1CCC(COCc2ccccc2Br)O1. The molecule has 2 unspecified atom stereocenters. The third-order valence-corrected chi connectivity index (χ3v) is 4.11. The average Bonchev–Trinajstić information content (AvgIpc) is 2.86. The lowest BCUT2D eigenvalue weighted by molar-refractivity contribution is -0.0189. The van der Waals surface area contributed by atoms with Crippen molar-refractivity contribution in [1.29, 1.82) is 0 Å². The first-order valence-electron chi connectivity index (χ1n) is 6.97. The second-order valence-electron chi connectivity index (χ2n) is 4.87. The van der Waals surface area contributed by atoms with Crippen LogP contribution in [0.15, 0.2) is 28.7 Å². The van der Waals surface area contributed by atoms with Gasteiger partial charge in [0.15, 0.2) is 0 Å². The van der Waals surface area contributed by atoms with E-state index in [4.69, 9.17) is 9.47 Å². The molecule has 0 aliphatic carbocycles. The number of rotatable bonds is 7. The summed E-state index contributed by atoms with van der Waals surface area (Å²) in [5.41, 5.74) is 1.18. The molecule has 0 bridgehead atoms. The molecule has 1 fully saturated rings. The van der Waals surface area contributed by atoms with Crippen molar-refractivity contribution in [1.82, 2.24) is 5.32 Å². The monoisotopic (exact) mass is 327 g/mol. The molecule has 2 rings (SSSR count). The van der Waals surface area contributed by atoms with Crippen LogP contribution in [-0.4, -0.2) is 31.9 Å². The van der Waals surface area contributed by atoms with Crippen molar-refractivity contribution in [3.8, 4) is 0 Å². The van der Waals surface area contributed by atoms with Crippen LogP contribution in [0.5, 0.6) is 0 Å². The Labute approximate surface area is 123 Å². The predicted molar refractivity (Wildman–Crippen MR) is 80.2 cm³/mol. The summed E-state index contributed by atoms with van der Waals surface area (Å²) in [7, 11) is 0. The smallest absolute Gasteiger partial charge is 0.0814 e. The van der Waals surface area contributed by atoms with E-state index in [1.54, 1.807) is 0 Å². The molecule has 0 amide bonds. The molecule has 0 saturated carbocycles. The Kier molecular flexibility index (Phi) is 6.31. The van der Waals surface area contributed by atoms with Crippen molar-refractivity contribution in [3.05, 3.63) is 34.3 Å². The highest BCUT2D eigenvalue weighted by molar-refractivity contribution is 9.10. The van der Waals surface area contributed by atoms with E-state index in [-0.39, 0.29) is 6.10 Å². The maximum atomic E-state index is 5.93. The third-order valence-electron chi connectivity index (χ3n) is 3.34. The number of likely N-dealkylation sites (N-methyl/N-ethyl adjacent to an activating group) is 1. The third kappa shape index (κ3) is 4.88. The van der Waals surface area contributed by atoms with Gasteiger partial charge in [0.25, 0.3) is 0 Å². The van der Waals surface area contributed by atoms with Crippen LogP contribution in [0.2, 0.25) is 0 Å². The van der Waals surface area contributed by atoms with E-state index in [0.29, 0.717) is 19.3 Å². The van der Waals surface area contributed by atoms with Crippen molar-refractivity contribution in [3.63, 3.8) is 0 Å². The van der Waals surface area contributed by atoms with Crippen LogP contribution in [0, 0.1) is 0 Å². The lowest BCUT2D eigenvalue weighted by atomic mass is 10.2. The zero-order valence-corrected chi connectivity index (χ0v) is 13.0. The molecular formula is C15H22BrNO2. The zero-order valence-electron chi connectivity index (χ0n) is 11.4. The van der Waals surface area contributed by atoms with E-state index in [2.05, 4.69) is 34.2 Å². The summed E-state index contributed by atoms with van der Waals surface area (Å²) in [5, 5.41) is 3.33. The summed E-state index contributed by atoms with van der Waals surface area (Å²) in [6, 6.07) is 8.16. The van der Waals surface area contributed by atoms with Gasteiger partial charge in [-0.05, 0) is 31.0 Å². The Morgan fingerprint density at radius 2 is 2.11 bits per heavy atom. The zero-order chi connectivity index (χ0) is 13.5. The fraction of sp³-hybridized carbons (Fsp3) is 0.600. The van der Waals surface area contributed by atoms with Gasteiger partial charge in [-0.3, -0.25) is 0 Å². The predicted octanol–water partition coefficient (Wildman–Crippen LogP) is 3.12. The van der Waals surface area contributed by atoms with Crippen molar-refractivity contribution < 1.29 is 9.47 Å². The highest BCUT2D eigenvalue weighted by Gasteiger charge is 2.24. The van der Waals surface area contributed by atoms with Crippen LogP contribution < -0.4 is 5.32 Å². The Balaban J connectivity index is 1.66. The lowest BCUT2D eigenvalue weighted by Crippen LogP contribution is -2.27. The van der Waals surface area contributed by atoms with Crippen molar-refractivity contribution in [2.45, 2.75) is 38.6 Å². The average molecular weight is 328 g/mol. The van der Waals surface area contributed by atoms with Crippen LogP contribution >= 0.6 is 15.9 Å². The van der Waals surface area contributed by atoms with E-state index in [1.165, 1.54) is 5.56 Å². The minimum atomic E-state index is 0.256. The van der Waals surface area contributed by atoms with E-state index in [9.17, 15) is 0 Å². The van der Waals surface area contributed by atoms with E-state index < -0.39 is 0 Å². The Hall–Kier alpha value is -0.420. The maximum absolute atomic E-state index is 5.93. The number of hydrogen-bond donors (Lipinski definition) is 1. The standard InChI is InChI=1S/C15H22BrNO2/c1-2-17-9-13-7-8-14(19-13)11-18-10-12-5-3-4-6-15(12)16/h3-6,13-14,17H,2,7-11H2,1H3. The Morgan fingerprint density at radius 1 is 1.32 bits per heavy atom. The molecular weight excluding hydrogens is 306 g/mol. The molecule has 1 aliphatic rings. The van der Waals surface area contributed by atoms with Crippen LogP contribution in [-0.2, 0) is 16.1 Å². The van der Waals surface area contributed by atoms with Gasteiger partial charge in [-0.15, -0.1) is 0 Å². The molecule has 0 spiro atoms. The first-order chi connectivity index (χ1) is 9.29. The van der Waals surface area contributed by atoms with Crippen molar-refractivity contribution in [2.75, 3.05) is 19.7 Å². The topological polar surface area (TPSA) is 30.5 Å². The van der Waals surface area contributed by atoms with Gasteiger partial charge in [-0.25, -0.2) is 0 Å². The van der Waals surface area contributed by atoms with E-state index >= 15 is 0 Å². The van der Waals surface area contributed by atoms with Crippen molar-refractivity contribution >= 4 is 15.9 Å². The molecule has 4 heteroatoms. The minimum Gasteiger partial charge on any atom is -0.374 e. The normalized spacial score (nSPS) is 22.8. The van der Waals surface area contributed by atoms with Crippen LogP contribution in [0.1, 0.15) is 25.3 Å². The minimum absolute atomic E-state index is 0.256. The van der Waals surface area contributed by atoms with Crippen LogP contribution in [0.25, 0.3) is 0 Å². The molecule has 1 aliphatic heterocycles. The number of halogens is 1. The summed E-state index contributed by atoms with van der Waals surface area (Å²) in [6.45, 7) is 5.40. The Morgan fingerprint density at radius 3 is 2.89 bits per heavy atom. The fourth-order valence-electron chi connectivity index (χ4n) is 2.27. The molecule has 1 aromatic rings. The highest BCUT2D eigenvalue weighted by atomic mass is 79.9. The quantitative estimate of drug-likeness (QED) is 0.834. The fourth-order valence-corrected chi connectivity index (χ4v) is 2.67. The second kappa shape index (κ2) is 8.00. The summed E-state index contributed by atoms with van der Waals surface area (Å²) in [5.74, 6) is 0. The first-order valence-corrected chi connectivity index (χ1v) is 7.76. The van der Waals surface area contributed by atoms with Gasteiger partial charge < -0.3 is 14.8 Å². The molecule has 1 aromatic carbocycles. The molecule has 2 atom stereocenters. The number of nitrogens with one attached hydrogen (secondary N) is 1. The molecule has 3 nitrogen and oxygen atoms in total. The highest BCUT2D eigenvalue weighted by Crippen LogP contribution is 2.21. The summed E-state index contributed by atoms with van der Waals surface area (Å²) in [6.07, 6.45) is 2.85. The molecule has 0 radical (unpaired) electrons. The number of ether oxygens (including phenoxy) is 2. The van der Waals surface area contributed by atoms with Gasteiger partial charge >= 0.3 is 0 Å². The van der Waals surface area contributed by atoms with Gasteiger partial charge in [-0.1, -0.05) is 41.1 Å². The van der Waals surface area contributed by atoms with Gasteiger partial charge in [-0.2, -0.15) is 0 Å². The molecule has 1 saturated heterocycles. The van der Waals surface area contributed by atoms with Gasteiger partial charge in [0, 0.05) is 11.0 Å². The summed E-state index contributed by atoms with van der Waals surface area (Å²) >= 11 is 3.53. The number of hydrogen-bond acceptors (Lipinski definition) is 3. The largest absolute Gasteiger partial charge is 0.374 e. The first kappa shape index (κ1) is 15.0. The molecule has 0 aromatic heterocycles. The van der Waals surface area contributed by atoms with Crippen LogP contribution in [0.3, 0.4) is 0 Å². The lowest BCUT2D eigenvalue weighted by Gasteiger charge is -2.14. The molecule has 1 heterocycles. The summed E-state index contributed by atoms with van der Waals surface area (Å²) < 4.78 is 12.8. The number of benzene rings is 1. The van der Waals surface area contributed by atoms with Gasteiger partial charge in [0.05, 0.1) is 25.4 Å². The Bertz CT molecular complexity index is 386. The maximum Gasteiger partial charge on any atom is 0.0814 e. The summed E-state index contributed by atoms with van der Waals surface area (Å²) in [4.78, 5) is 0. The van der Waals surface area contributed by atoms with E-state index in [1.807, 2.05) is 18.2 Å².